The van der Waals surface area contributed by atoms with E-state index < -0.39 is 222 Å². The van der Waals surface area contributed by atoms with Gasteiger partial charge in [0.05, 0.1) is 56.3 Å². The molecule has 29 nitrogen and oxygen atoms in total. The Morgan fingerprint density at radius 3 is 1.36 bits per heavy atom. The number of carbonyl (C=O) groups is 1. The van der Waals surface area contributed by atoms with Crippen molar-refractivity contribution in [3.05, 3.63) is 12.2 Å². The molecule has 0 bridgehead atoms. The van der Waals surface area contributed by atoms with Crippen LogP contribution in [0.5, 0.6) is 0 Å². The Bertz CT molecular complexity index is 1880. The summed E-state index contributed by atoms with van der Waals surface area (Å²) in [6, 6.07) is 0. The van der Waals surface area contributed by atoms with Crippen LogP contribution >= 0.6 is 0 Å². The van der Waals surface area contributed by atoms with E-state index >= 15 is 0 Å². The molecule has 444 valence electrons. The van der Waals surface area contributed by atoms with Crippen LogP contribution in [0.2, 0.25) is 0 Å². The van der Waals surface area contributed by atoms with Crippen LogP contribution in [0.3, 0.4) is 0 Å². The highest BCUT2D eigenvalue weighted by molar-refractivity contribution is 5.81. The van der Waals surface area contributed by atoms with Gasteiger partial charge in [-0.2, -0.15) is 0 Å². The van der Waals surface area contributed by atoms with Crippen LogP contribution in [0.1, 0.15) is 57.8 Å². The monoisotopic (exact) mass is 1120 g/mol. The van der Waals surface area contributed by atoms with Gasteiger partial charge in [0.1, 0.15) is 116 Å². The highest BCUT2D eigenvalue weighted by Gasteiger charge is 2.58. The van der Waals surface area contributed by atoms with E-state index in [0.29, 0.717) is 25.7 Å². The van der Waals surface area contributed by atoms with Gasteiger partial charge in [0.2, 0.25) is 0 Å². The first-order valence-corrected chi connectivity index (χ1v) is 26.4. The van der Waals surface area contributed by atoms with Crippen molar-refractivity contribution >= 4 is 5.97 Å². The van der Waals surface area contributed by atoms with E-state index in [9.17, 15) is 96.7 Å². The van der Waals surface area contributed by atoms with Crippen LogP contribution in [-0.2, 0) is 47.4 Å². The average Bonchev–Trinajstić information content (AvgIpc) is 3.42. The van der Waals surface area contributed by atoms with E-state index in [1.807, 2.05) is 0 Å². The third-order valence-corrected chi connectivity index (χ3v) is 16.7. The largest absolute Gasteiger partial charge is 0.460 e. The summed E-state index contributed by atoms with van der Waals surface area (Å²) in [5, 5.41) is 191. The number of hydrogen-bond donors (Lipinski definition) is 18. The smallest absolute Gasteiger partial charge is 0.330 e. The summed E-state index contributed by atoms with van der Waals surface area (Å²) in [4.78, 5) is 13.0. The van der Waals surface area contributed by atoms with E-state index in [-0.39, 0.29) is 38.0 Å². The van der Waals surface area contributed by atoms with Gasteiger partial charge < -0.3 is 139 Å². The minimum atomic E-state index is -2.00. The fourth-order valence-corrected chi connectivity index (χ4v) is 12.1. The van der Waals surface area contributed by atoms with Crippen molar-refractivity contribution in [3.8, 4) is 0 Å². The molecule has 0 radical (unpaired) electrons. The van der Waals surface area contributed by atoms with Gasteiger partial charge in [0.25, 0.3) is 0 Å². The van der Waals surface area contributed by atoms with Gasteiger partial charge in [-0.3, -0.25) is 0 Å². The van der Waals surface area contributed by atoms with Crippen LogP contribution in [0, 0.1) is 17.8 Å². The third kappa shape index (κ3) is 13.6. The van der Waals surface area contributed by atoms with Crippen LogP contribution in [-0.4, -0.2) is 307 Å². The van der Waals surface area contributed by atoms with E-state index in [0.717, 1.165) is 6.08 Å². The molecule has 30 atom stereocenters. The molecule has 0 aromatic carbocycles. The highest BCUT2D eigenvalue weighted by atomic mass is 16.7. The number of hydrogen-bond acceptors (Lipinski definition) is 28. The summed E-state index contributed by atoms with van der Waals surface area (Å²) in [6.45, 7) is -2.88. The summed E-state index contributed by atoms with van der Waals surface area (Å²) in [5.41, 5.74) is 0. The predicted molar refractivity (Wildman–Crippen MR) is 247 cm³/mol. The van der Waals surface area contributed by atoms with Gasteiger partial charge >= 0.3 is 5.97 Å². The number of aliphatic hydroxyl groups is 20. The Kier molecular flexibility index (Phi) is 21.1. The van der Waals surface area contributed by atoms with Crippen LogP contribution in [0.15, 0.2) is 12.2 Å². The molecule has 0 aromatic rings. The molecule has 5 saturated heterocycles. The van der Waals surface area contributed by atoms with E-state index in [2.05, 4.69) is 0 Å². The molecule has 8 fully saturated rings. The summed E-state index contributed by atoms with van der Waals surface area (Å²) >= 11 is 0. The second-order valence-corrected chi connectivity index (χ2v) is 21.8. The lowest BCUT2D eigenvalue weighted by Crippen LogP contribution is -2.65. The lowest BCUT2D eigenvalue weighted by molar-refractivity contribution is -0.365. The quantitative estimate of drug-likeness (QED) is 0.0388. The number of carbonyl (C=O) groups excluding carboxylic acids is 1. The van der Waals surface area contributed by atoms with Crippen molar-refractivity contribution < 1.29 is 144 Å². The van der Waals surface area contributed by atoms with E-state index in [4.69, 9.17) is 47.4 Å². The first kappa shape index (κ1) is 61.2. The van der Waals surface area contributed by atoms with Gasteiger partial charge in [-0.15, -0.1) is 0 Å². The third-order valence-electron chi connectivity index (χ3n) is 16.7. The Morgan fingerprint density at radius 1 is 0.468 bits per heavy atom. The van der Waals surface area contributed by atoms with Crippen molar-refractivity contribution in [2.24, 2.45) is 17.8 Å². The maximum Gasteiger partial charge on any atom is 0.330 e. The Labute approximate surface area is 441 Å². The number of rotatable bonds is 16. The van der Waals surface area contributed by atoms with Crippen molar-refractivity contribution in [2.75, 3.05) is 26.4 Å². The number of ether oxygens (including phenoxy) is 10. The van der Waals surface area contributed by atoms with Gasteiger partial charge in [0, 0.05) is 24.8 Å². The number of aliphatic hydroxyl groups excluding tert-OH is 18. The summed E-state index contributed by atoms with van der Waals surface area (Å²) in [7, 11) is 0. The van der Waals surface area contributed by atoms with Gasteiger partial charge in [-0.05, 0) is 50.9 Å². The SMILES string of the molecule is O=C(C=CC1CCC(O[C@@H]2O[C@H](CO)[C@@H](O)[C@H](O)[C@H]2O)CC1)OC[C@H]1O[C@@H](OC2CC(C3[OH+]C4CC(O)CC(O)C4CC3O[C@@H]3O[C@H](CO)[C@@H](O)[C@H](O)[C@H]3O)CC(O[C@@H]3O[C@H](CO)[C@@H](O)[C@H](O)[C@H]3O)C2O)[C@H](O)[C@@H](O)[C@@H]1O. The molecule has 0 aromatic heterocycles. The topological polar surface area (TPSA) is 477 Å². The normalized spacial score (nSPS) is 52.0. The fourth-order valence-electron chi connectivity index (χ4n) is 12.1. The van der Waals surface area contributed by atoms with Crippen molar-refractivity contribution in [3.63, 3.8) is 0 Å². The standard InChI is InChI=1S/C48H78O29/c49-12-26-32(56)36(60)40(64)45(74-26)69-19-4-1-16(2-5-19)3-6-30(54)68-15-29-35(59)39(63)43(67)47(77-29)72-24-8-17(7-23(31(24)55)71-46-41(65)37(61)33(57)27(13-50)75-46)44-25(11-20-21(53)9-18(52)10-22(20)70-44)73-48-42(66)38(62)34(58)28(14-51)76-48/h3,6,16-29,31-53,55-67H,1-2,4-5,7-15H2/p+1/t16?,17?,18?,19?,20?,21?,22?,23?,24?,25?,26-,27-,28-,29-,31?,32-,33-,34-,35-,36+,37+,38+,39+,40-,41-,42-,43-,44?,45-,46-,47-,48-/m1/s1. The van der Waals surface area contributed by atoms with Gasteiger partial charge in [0.15, 0.2) is 37.4 Å². The molecule has 3 saturated carbocycles. The molecule has 5 aliphatic heterocycles. The lowest BCUT2D eigenvalue weighted by atomic mass is 9.72. The molecule has 0 amide bonds. The molecule has 3 aliphatic carbocycles. The zero-order valence-electron chi connectivity index (χ0n) is 41.9. The Hall–Kier alpha value is -1.87. The predicted octanol–water partition coefficient (Wildman–Crippen LogP) is -9.40. The molecular formula is C48H79O29+. The van der Waals surface area contributed by atoms with Crippen LogP contribution in [0.25, 0.3) is 0 Å². The van der Waals surface area contributed by atoms with Crippen LogP contribution < -0.4 is 0 Å². The maximum absolute atomic E-state index is 13.0. The molecule has 8 aliphatic rings. The van der Waals surface area contributed by atoms with Crippen LogP contribution in [0.4, 0.5) is 0 Å². The average molecular weight is 1120 g/mol. The second-order valence-electron chi connectivity index (χ2n) is 21.8. The second kappa shape index (κ2) is 26.6. The zero-order chi connectivity index (χ0) is 55.7. The molecule has 10 unspecified atom stereocenters. The first-order chi connectivity index (χ1) is 36.6. The number of esters is 1. The van der Waals surface area contributed by atoms with Crippen molar-refractivity contribution in [1.29, 1.82) is 0 Å². The molecule has 77 heavy (non-hydrogen) atoms. The molecular weight excluding hydrogens is 1040 g/mol. The summed E-state index contributed by atoms with van der Waals surface area (Å²) in [5.74, 6) is -2.46. The Balaban J connectivity index is 0.956. The zero-order valence-corrected chi connectivity index (χ0v) is 41.9. The molecule has 29 heteroatoms. The fraction of sp³-hybridized carbons (Fsp3) is 0.938. The summed E-state index contributed by atoms with van der Waals surface area (Å²) < 4.78 is 57.6. The molecule has 0 spiro atoms. The molecule has 19 N–H and O–H groups in total. The summed E-state index contributed by atoms with van der Waals surface area (Å²) in [6.07, 6.45) is -39.1. The van der Waals surface area contributed by atoms with Gasteiger partial charge in [-0.25, -0.2) is 4.79 Å². The van der Waals surface area contributed by atoms with E-state index in [1.54, 1.807) is 6.08 Å². The number of allylic oxidation sites excluding steroid dienone is 1. The lowest BCUT2D eigenvalue weighted by Gasteiger charge is -2.50. The number of fused-ring (bicyclic) bond motifs is 1. The minimum absolute atomic E-state index is 0.00832. The van der Waals surface area contributed by atoms with E-state index in [1.165, 1.54) is 0 Å². The maximum atomic E-state index is 13.0. The van der Waals surface area contributed by atoms with Crippen molar-refractivity contribution in [1.82, 2.24) is 0 Å². The molecule has 5 heterocycles. The van der Waals surface area contributed by atoms with Gasteiger partial charge in [-0.1, -0.05) is 6.08 Å². The molecule has 8 rings (SSSR count). The highest BCUT2D eigenvalue weighted by Crippen LogP contribution is 2.44. The van der Waals surface area contributed by atoms with Crippen molar-refractivity contribution in [2.45, 2.75) is 236 Å². The first-order valence-electron chi connectivity index (χ1n) is 26.4. The Morgan fingerprint density at radius 2 is 0.896 bits per heavy atom. The minimum Gasteiger partial charge on any atom is -0.460 e.